The van der Waals surface area contributed by atoms with Gasteiger partial charge in [-0.15, -0.1) is 0 Å². The molecular formula is C15H23NO2. The van der Waals surface area contributed by atoms with E-state index in [0.717, 1.165) is 25.9 Å². The summed E-state index contributed by atoms with van der Waals surface area (Å²) < 4.78 is 5.08. The topological polar surface area (TPSA) is 33.5 Å². The minimum absolute atomic E-state index is 0.129. The second-order valence-corrected chi connectivity index (χ2v) is 5.99. The van der Waals surface area contributed by atoms with Crippen LogP contribution in [0.2, 0.25) is 0 Å². The monoisotopic (exact) mass is 249 g/mol. The second-order valence-electron chi connectivity index (χ2n) is 5.99. The second kappa shape index (κ2) is 5.70. The van der Waals surface area contributed by atoms with E-state index in [1.165, 1.54) is 24.7 Å². The number of hydrogen-bond acceptors (Lipinski definition) is 3. The highest BCUT2D eigenvalue weighted by molar-refractivity contribution is 5.60. The molecule has 0 radical (unpaired) electrons. The van der Waals surface area contributed by atoms with E-state index in [0.29, 0.717) is 5.92 Å². The SMILES string of the molecule is CC1CCCC(C=O)(CN(C)Cc2ccoc2)C1. The molecule has 1 aliphatic carbocycles. The fraction of sp³-hybridized carbons (Fsp3) is 0.667. The van der Waals surface area contributed by atoms with Gasteiger partial charge in [-0.25, -0.2) is 0 Å². The maximum atomic E-state index is 11.5. The van der Waals surface area contributed by atoms with Gasteiger partial charge in [0.15, 0.2) is 0 Å². The molecule has 3 nitrogen and oxygen atoms in total. The van der Waals surface area contributed by atoms with Gasteiger partial charge in [0.2, 0.25) is 0 Å². The van der Waals surface area contributed by atoms with Gasteiger partial charge in [-0.1, -0.05) is 19.8 Å². The standard InChI is InChI=1S/C15H23NO2/c1-13-4-3-6-15(8-13,12-17)11-16(2)9-14-5-7-18-10-14/h5,7,10,12-13H,3-4,6,8-9,11H2,1-2H3. The predicted molar refractivity (Wildman–Crippen MR) is 71.2 cm³/mol. The van der Waals surface area contributed by atoms with Crippen LogP contribution < -0.4 is 0 Å². The molecule has 2 rings (SSSR count). The number of hydrogen-bond donors (Lipinski definition) is 0. The van der Waals surface area contributed by atoms with Crippen LogP contribution in [0.3, 0.4) is 0 Å². The van der Waals surface area contributed by atoms with Gasteiger partial charge in [0, 0.05) is 24.1 Å². The normalized spacial score (nSPS) is 28.5. The zero-order valence-corrected chi connectivity index (χ0v) is 11.4. The van der Waals surface area contributed by atoms with E-state index >= 15 is 0 Å². The lowest BCUT2D eigenvalue weighted by Crippen LogP contribution is -2.40. The minimum Gasteiger partial charge on any atom is -0.472 e. The van der Waals surface area contributed by atoms with Crippen LogP contribution in [0, 0.1) is 11.3 Å². The van der Waals surface area contributed by atoms with Gasteiger partial charge in [0.05, 0.1) is 12.5 Å². The summed E-state index contributed by atoms with van der Waals surface area (Å²) in [5, 5.41) is 0. The number of aldehydes is 1. The summed E-state index contributed by atoms with van der Waals surface area (Å²) in [6.07, 6.45) is 9.19. The lowest BCUT2D eigenvalue weighted by atomic mass is 9.71. The Morgan fingerprint density at radius 3 is 3.06 bits per heavy atom. The van der Waals surface area contributed by atoms with Crippen molar-refractivity contribution in [2.75, 3.05) is 13.6 Å². The summed E-state index contributed by atoms with van der Waals surface area (Å²) in [5.41, 5.74) is 1.04. The van der Waals surface area contributed by atoms with Gasteiger partial charge in [-0.3, -0.25) is 0 Å². The van der Waals surface area contributed by atoms with Gasteiger partial charge >= 0.3 is 0 Å². The lowest BCUT2D eigenvalue weighted by molar-refractivity contribution is -0.119. The Bertz CT molecular complexity index is 374. The Morgan fingerprint density at radius 2 is 2.44 bits per heavy atom. The molecule has 0 spiro atoms. The fourth-order valence-electron chi connectivity index (χ4n) is 3.28. The maximum Gasteiger partial charge on any atom is 0.127 e. The molecule has 0 N–H and O–H groups in total. The summed E-state index contributed by atoms with van der Waals surface area (Å²) in [5.74, 6) is 0.672. The first-order valence-electron chi connectivity index (χ1n) is 6.79. The van der Waals surface area contributed by atoms with Crippen molar-refractivity contribution >= 4 is 6.29 Å². The van der Waals surface area contributed by atoms with Crippen molar-refractivity contribution in [2.24, 2.45) is 11.3 Å². The Labute approximate surface area is 109 Å². The number of furan rings is 1. The molecule has 18 heavy (non-hydrogen) atoms. The van der Waals surface area contributed by atoms with Crippen molar-refractivity contribution in [3.05, 3.63) is 24.2 Å². The largest absolute Gasteiger partial charge is 0.472 e. The molecular weight excluding hydrogens is 226 g/mol. The van der Waals surface area contributed by atoms with Crippen LogP contribution >= 0.6 is 0 Å². The van der Waals surface area contributed by atoms with E-state index in [9.17, 15) is 4.79 Å². The van der Waals surface area contributed by atoms with E-state index < -0.39 is 0 Å². The summed E-state index contributed by atoms with van der Waals surface area (Å²) in [7, 11) is 2.08. The van der Waals surface area contributed by atoms with Crippen LogP contribution in [0.1, 0.15) is 38.2 Å². The molecule has 0 saturated heterocycles. The molecule has 1 aromatic heterocycles. The van der Waals surface area contributed by atoms with E-state index in [4.69, 9.17) is 4.42 Å². The summed E-state index contributed by atoms with van der Waals surface area (Å²) in [6.45, 7) is 3.96. The molecule has 2 unspecified atom stereocenters. The molecule has 2 atom stereocenters. The van der Waals surface area contributed by atoms with E-state index in [1.807, 2.05) is 6.07 Å². The molecule has 1 aliphatic rings. The van der Waals surface area contributed by atoms with Gasteiger partial charge in [0.25, 0.3) is 0 Å². The fourth-order valence-corrected chi connectivity index (χ4v) is 3.28. The van der Waals surface area contributed by atoms with Crippen LogP contribution in [0.15, 0.2) is 23.0 Å². The van der Waals surface area contributed by atoms with Crippen molar-refractivity contribution in [3.8, 4) is 0 Å². The zero-order chi connectivity index (χ0) is 13.0. The quantitative estimate of drug-likeness (QED) is 0.752. The predicted octanol–water partition coefficient (Wildman–Crippen LogP) is 3.11. The summed E-state index contributed by atoms with van der Waals surface area (Å²) in [6, 6.07) is 1.98. The zero-order valence-electron chi connectivity index (χ0n) is 11.4. The molecule has 0 amide bonds. The Hall–Kier alpha value is -1.09. The first kappa shape index (κ1) is 13.3. The smallest absolute Gasteiger partial charge is 0.127 e. The van der Waals surface area contributed by atoms with E-state index in [-0.39, 0.29) is 5.41 Å². The van der Waals surface area contributed by atoms with Gasteiger partial charge in [-0.2, -0.15) is 0 Å². The number of rotatable bonds is 5. The number of nitrogens with zero attached hydrogens (tertiary/aromatic N) is 1. The highest BCUT2D eigenvalue weighted by Crippen LogP contribution is 2.38. The third kappa shape index (κ3) is 3.22. The van der Waals surface area contributed by atoms with E-state index in [1.54, 1.807) is 12.5 Å². The average molecular weight is 249 g/mol. The van der Waals surface area contributed by atoms with Crippen LogP contribution in [0.25, 0.3) is 0 Å². The van der Waals surface area contributed by atoms with Gasteiger partial charge in [-0.05, 0) is 31.9 Å². The van der Waals surface area contributed by atoms with Crippen molar-refractivity contribution in [2.45, 2.75) is 39.2 Å². The van der Waals surface area contributed by atoms with Crippen LogP contribution in [0.5, 0.6) is 0 Å². The molecule has 3 heteroatoms. The third-order valence-corrected chi connectivity index (χ3v) is 3.99. The van der Waals surface area contributed by atoms with Gasteiger partial charge < -0.3 is 14.1 Å². The van der Waals surface area contributed by atoms with Gasteiger partial charge in [0.1, 0.15) is 6.29 Å². The highest BCUT2D eigenvalue weighted by Gasteiger charge is 2.35. The van der Waals surface area contributed by atoms with Crippen molar-refractivity contribution < 1.29 is 9.21 Å². The molecule has 1 saturated carbocycles. The first-order valence-corrected chi connectivity index (χ1v) is 6.79. The van der Waals surface area contributed by atoms with Crippen LogP contribution in [0.4, 0.5) is 0 Å². The Balaban J connectivity index is 1.94. The van der Waals surface area contributed by atoms with E-state index in [2.05, 4.69) is 18.9 Å². The summed E-state index contributed by atoms with van der Waals surface area (Å²) >= 11 is 0. The van der Waals surface area contributed by atoms with Crippen molar-refractivity contribution in [1.29, 1.82) is 0 Å². The average Bonchev–Trinajstić information content (AvgIpc) is 2.81. The Kier molecular flexibility index (Phi) is 4.23. The van der Waals surface area contributed by atoms with Crippen LogP contribution in [-0.4, -0.2) is 24.8 Å². The molecule has 100 valence electrons. The number of carbonyl (C=O) groups excluding carboxylic acids is 1. The van der Waals surface area contributed by atoms with Crippen molar-refractivity contribution in [3.63, 3.8) is 0 Å². The minimum atomic E-state index is -0.129. The lowest BCUT2D eigenvalue weighted by Gasteiger charge is -2.38. The van der Waals surface area contributed by atoms with Crippen molar-refractivity contribution in [1.82, 2.24) is 4.90 Å². The maximum absolute atomic E-state index is 11.5. The third-order valence-electron chi connectivity index (χ3n) is 3.99. The molecule has 0 aliphatic heterocycles. The molecule has 1 heterocycles. The summed E-state index contributed by atoms with van der Waals surface area (Å²) in [4.78, 5) is 13.8. The molecule has 0 bridgehead atoms. The molecule has 0 aromatic carbocycles. The molecule has 1 fully saturated rings. The Morgan fingerprint density at radius 1 is 1.61 bits per heavy atom. The number of carbonyl (C=O) groups is 1. The highest BCUT2D eigenvalue weighted by atomic mass is 16.3. The molecule has 1 aromatic rings. The van der Waals surface area contributed by atoms with Crippen LogP contribution in [-0.2, 0) is 11.3 Å². The first-order chi connectivity index (χ1) is 8.63.